The van der Waals surface area contributed by atoms with Crippen LogP contribution in [0.1, 0.15) is 22.2 Å². The van der Waals surface area contributed by atoms with Crippen molar-refractivity contribution in [3.05, 3.63) is 59.4 Å². The molecule has 138 valence electrons. The van der Waals surface area contributed by atoms with Gasteiger partial charge in [0.25, 0.3) is 0 Å². The van der Waals surface area contributed by atoms with Gasteiger partial charge in [-0.05, 0) is 31.7 Å². The topological polar surface area (TPSA) is 37.6 Å². The molecule has 6 heteroatoms. The first-order valence-corrected chi connectivity index (χ1v) is 9.57. The molecule has 4 nitrogen and oxygen atoms in total. The quantitative estimate of drug-likeness (QED) is 0.527. The summed E-state index contributed by atoms with van der Waals surface area (Å²) in [6.45, 7) is 4.05. The van der Waals surface area contributed by atoms with Crippen LogP contribution in [0.15, 0.2) is 42.6 Å². The van der Waals surface area contributed by atoms with Gasteiger partial charge in [0, 0.05) is 25.9 Å². The number of amides is 1. The van der Waals surface area contributed by atoms with E-state index in [0.717, 1.165) is 22.5 Å². The molecule has 0 spiro atoms. The van der Waals surface area contributed by atoms with Gasteiger partial charge in [-0.15, -0.1) is 11.6 Å². The highest BCUT2D eigenvalue weighted by molar-refractivity contribution is 7.79. The molecule has 1 unspecified atom stereocenters. The molecule has 0 fully saturated rings. The molecule has 0 N–H and O–H groups in total. The summed E-state index contributed by atoms with van der Waals surface area (Å²) in [4.78, 5) is 18.7. The van der Waals surface area contributed by atoms with Crippen LogP contribution in [0.25, 0.3) is 16.9 Å². The molecule has 0 aliphatic rings. The Labute approximate surface area is 165 Å². The van der Waals surface area contributed by atoms with Gasteiger partial charge in [0.2, 0.25) is 5.91 Å². The number of carbonyl (C=O) groups excluding carboxylic acids is 1. The van der Waals surface area contributed by atoms with Gasteiger partial charge in [-0.3, -0.25) is 4.79 Å². The number of alkyl halides is 1. The number of halogens is 1. The van der Waals surface area contributed by atoms with Crippen molar-refractivity contribution in [2.75, 3.05) is 20.4 Å². The van der Waals surface area contributed by atoms with E-state index in [9.17, 15) is 4.79 Å². The maximum absolute atomic E-state index is 12.5. The first-order valence-electron chi connectivity index (χ1n) is 8.24. The number of likely N-dealkylation sites (N-methyl/N-ethyl adjacent to an activating group) is 1. The minimum absolute atomic E-state index is 0.159. The third-order valence-electron chi connectivity index (χ3n) is 4.03. The van der Waals surface area contributed by atoms with Gasteiger partial charge in [0.05, 0.1) is 11.4 Å². The molecule has 1 aromatic carbocycles. The predicted molar refractivity (Wildman–Crippen MR) is 112 cm³/mol. The summed E-state index contributed by atoms with van der Waals surface area (Å²) in [6.07, 6.45) is 3.66. The zero-order chi connectivity index (χ0) is 19.4. The molecule has 0 aliphatic carbocycles. The molecule has 0 radical (unpaired) electrons. The Morgan fingerprint density at radius 3 is 2.23 bits per heavy atom. The summed E-state index contributed by atoms with van der Waals surface area (Å²) in [5.41, 5.74) is 5.44. The fourth-order valence-corrected chi connectivity index (χ4v) is 3.08. The van der Waals surface area contributed by atoms with Crippen LogP contribution in [0.3, 0.4) is 0 Å². The lowest BCUT2D eigenvalue weighted by Crippen LogP contribution is -2.26. The van der Waals surface area contributed by atoms with Crippen molar-refractivity contribution < 1.29 is 4.79 Å². The van der Waals surface area contributed by atoms with Gasteiger partial charge < -0.3 is 9.30 Å². The zero-order valence-electron chi connectivity index (χ0n) is 15.7. The molecule has 0 saturated carbocycles. The number of rotatable bonds is 3. The average Bonchev–Trinajstić information content (AvgIpc) is 3.01. The standard InChI is InChI=1S/C19H20ClN3O.CH4S/c1-12-5-8-14(9-6-12)17-18(16(20)19(24)22(3)4)23-11-13(2)7-10-15(23)21-17;1-2/h5-11,16H,1-4H3;2H,1H3. The van der Waals surface area contributed by atoms with E-state index in [1.54, 1.807) is 20.4 Å². The van der Waals surface area contributed by atoms with Gasteiger partial charge in [0.15, 0.2) is 5.38 Å². The largest absolute Gasteiger partial charge is 0.347 e. The van der Waals surface area contributed by atoms with Crippen LogP contribution in [0.4, 0.5) is 0 Å². The van der Waals surface area contributed by atoms with Crippen molar-refractivity contribution in [2.24, 2.45) is 0 Å². The molecular weight excluding hydrogens is 366 g/mol. The highest BCUT2D eigenvalue weighted by Crippen LogP contribution is 2.33. The minimum atomic E-state index is -0.798. The number of thiol groups is 1. The highest BCUT2D eigenvalue weighted by atomic mass is 35.5. The lowest BCUT2D eigenvalue weighted by atomic mass is 10.1. The SMILES string of the molecule is CS.Cc1ccc(-c2nc3ccc(C)cn3c2C(Cl)C(=O)N(C)C)cc1. The maximum atomic E-state index is 12.5. The van der Waals surface area contributed by atoms with Crippen LogP contribution in [0.5, 0.6) is 0 Å². The number of imidazole rings is 1. The molecular formula is C20H24ClN3OS. The van der Waals surface area contributed by atoms with E-state index >= 15 is 0 Å². The second-order valence-electron chi connectivity index (χ2n) is 6.24. The average molecular weight is 390 g/mol. The van der Waals surface area contributed by atoms with Gasteiger partial charge in [-0.2, -0.15) is 12.6 Å². The molecule has 2 heterocycles. The van der Waals surface area contributed by atoms with Crippen molar-refractivity contribution in [2.45, 2.75) is 19.2 Å². The number of fused-ring (bicyclic) bond motifs is 1. The number of aromatic nitrogens is 2. The third kappa shape index (κ3) is 4.05. The summed E-state index contributed by atoms with van der Waals surface area (Å²) in [5.74, 6) is -0.159. The van der Waals surface area contributed by atoms with E-state index in [2.05, 4.69) is 12.6 Å². The molecule has 1 atom stereocenters. The van der Waals surface area contributed by atoms with Crippen molar-refractivity contribution in [1.82, 2.24) is 14.3 Å². The van der Waals surface area contributed by atoms with Crippen LogP contribution < -0.4 is 0 Å². The minimum Gasteiger partial charge on any atom is -0.347 e. The van der Waals surface area contributed by atoms with E-state index in [4.69, 9.17) is 16.6 Å². The number of nitrogens with zero attached hydrogens (tertiary/aromatic N) is 3. The molecule has 26 heavy (non-hydrogen) atoms. The highest BCUT2D eigenvalue weighted by Gasteiger charge is 2.27. The molecule has 3 aromatic rings. The molecule has 3 rings (SSSR count). The van der Waals surface area contributed by atoms with Gasteiger partial charge in [-0.1, -0.05) is 35.9 Å². The number of hydrogen-bond acceptors (Lipinski definition) is 3. The smallest absolute Gasteiger partial charge is 0.246 e. The van der Waals surface area contributed by atoms with Gasteiger partial charge >= 0.3 is 0 Å². The number of pyridine rings is 1. The Bertz CT molecular complexity index is 903. The van der Waals surface area contributed by atoms with Crippen LogP contribution in [0.2, 0.25) is 0 Å². The van der Waals surface area contributed by atoms with Crippen LogP contribution in [0, 0.1) is 13.8 Å². The van der Waals surface area contributed by atoms with Crippen LogP contribution in [-0.4, -0.2) is 40.5 Å². The Kier molecular flexibility index (Phi) is 6.73. The zero-order valence-corrected chi connectivity index (χ0v) is 17.3. The normalized spacial score (nSPS) is 11.7. The molecule has 0 aliphatic heterocycles. The summed E-state index contributed by atoms with van der Waals surface area (Å²) in [7, 11) is 3.41. The van der Waals surface area contributed by atoms with Gasteiger partial charge in [-0.25, -0.2) is 4.98 Å². The van der Waals surface area contributed by atoms with E-state index in [1.165, 1.54) is 10.5 Å². The fraction of sp³-hybridized carbons (Fsp3) is 0.300. The Morgan fingerprint density at radius 1 is 1.08 bits per heavy atom. The summed E-state index contributed by atoms with van der Waals surface area (Å²) >= 11 is 10.1. The summed E-state index contributed by atoms with van der Waals surface area (Å²) in [5, 5.41) is -0.798. The van der Waals surface area contributed by atoms with E-state index in [-0.39, 0.29) is 5.91 Å². The third-order valence-corrected chi connectivity index (χ3v) is 4.42. The Hall–Kier alpha value is -1.98. The fourth-order valence-electron chi connectivity index (χ4n) is 2.68. The number of benzene rings is 1. The van der Waals surface area contributed by atoms with Crippen molar-refractivity contribution in [3.8, 4) is 11.3 Å². The second kappa shape index (κ2) is 8.60. The number of hydrogen-bond donors (Lipinski definition) is 1. The summed E-state index contributed by atoms with van der Waals surface area (Å²) in [6, 6.07) is 12.0. The Balaban J connectivity index is 0.00000117. The summed E-state index contributed by atoms with van der Waals surface area (Å²) < 4.78 is 1.92. The second-order valence-corrected chi connectivity index (χ2v) is 6.68. The maximum Gasteiger partial charge on any atom is 0.246 e. The van der Waals surface area contributed by atoms with Crippen LogP contribution >= 0.6 is 24.2 Å². The van der Waals surface area contributed by atoms with E-state index < -0.39 is 5.38 Å². The van der Waals surface area contributed by atoms with Crippen molar-refractivity contribution in [1.29, 1.82) is 0 Å². The first kappa shape index (κ1) is 20.3. The monoisotopic (exact) mass is 389 g/mol. The van der Waals surface area contributed by atoms with Gasteiger partial charge in [0.1, 0.15) is 5.65 Å². The number of carbonyl (C=O) groups is 1. The molecule has 0 saturated heterocycles. The molecule has 1 amide bonds. The first-order chi connectivity index (χ1) is 12.4. The Morgan fingerprint density at radius 2 is 1.65 bits per heavy atom. The van der Waals surface area contributed by atoms with Crippen molar-refractivity contribution >= 4 is 35.8 Å². The molecule has 0 bridgehead atoms. The van der Waals surface area contributed by atoms with E-state index in [1.807, 2.05) is 60.8 Å². The predicted octanol–water partition coefficient (Wildman–Crippen LogP) is 4.53. The number of aryl methyl sites for hydroxylation is 2. The lowest BCUT2D eigenvalue weighted by Gasteiger charge is -2.16. The van der Waals surface area contributed by atoms with Crippen LogP contribution in [-0.2, 0) is 4.79 Å². The van der Waals surface area contributed by atoms with E-state index in [0.29, 0.717) is 5.69 Å². The lowest BCUT2D eigenvalue weighted by molar-refractivity contribution is -0.128. The molecule has 2 aromatic heterocycles. The van der Waals surface area contributed by atoms with Crippen molar-refractivity contribution in [3.63, 3.8) is 0 Å².